The standard InChI is InChI=1S/C9H10O2.C8H7ClO/c1-7(10)8-4-3-5-9(6-8)11-2;1-6(10)7-3-2-4-8(9)5-7/h3-6H,1-2H3;2-5H,1H3. The third kappa shape index (κ3) is 5.79. The molecule has 0 fully saturated rings. The molecule has 2 rings (SSSR count). The van der Waals surface area contributed by atoms with Crippen molar-refractivity contribution in [2.75, 3.05) is 7.11 Å². The van der Waals surface area contributed by atoms with Crippen LogP contribution in [0.25, 0.3) is 0 Å². The molecule has 2 aromatic carbocycles. The maximum absolute atomic E-state index is 10.9. The molecule has 4 heteroatoms. The van der Waals surface area contributed by atoms with Gasteiger partial charge in [0.05, 0.1) is 7.11 Å². The van der Waals surface area contributed by atoms with Crippen LogP contribution in [0.1, 0.15) is 34.6 Å². The van der Waals surface area contributed by atoms with E-state index in [0.717, 1.165) is 5.75 Å². The molecule has 0 amide bonds. The number of ketones is 2. The van der Waals surface area contributed by atoms with E-state index in [1.165, 1.54) is 13.8 Å². The molecule has 0 saturated carbocycles. The molecule has 0 radical (unpaired) electrons. The first kappa shape index (κ1) is 16.9. The third-order valence-electron chi connectivity index (χ3n) is 2.71. The summed E-state index contributed by atoms with van der Waals surface area (Å²) in [5.74, 6) is 0.823. The number of hydrogen-bond acceptors (Lipinski definition) is 3. The summed E-state index contributed by atoms with van der Waals surface area (Å²) in [6.45, 7) is 3.06. The fourth-order valence-electron chi connectivity index (χ4n) is 1.55. The summed E-state index contributed by atoms with van der Waals surface area (Å²) in [4.78, 5) is 21.6. The van der Waals surface area contributed by atoms with E-state index >= 15 is 0 Å². The molecule has 0 atom stereocenters. The molecule has 2 aromatic rings. The van der Waals surface area contributed by atoms with Crippen molar-refractivity contribution in [3.63, 3.8) is 0 Å². The SMILES string of the molecule is CC(=O)c1cccc(Cl)c1.COc1cccc(C(C)=O)c1. The predicted octanol–water partition coefficient (Wildman–Crippen LogP) is 4.44. The Morgan fingerprint density at radius 2 is 1.43 bits per heavy atom. The van der Waals surface area contributed by atoms with E-state index in [4.69, 9.17) is 16.3 Å². The molecule has 0 saturated heterocycles. The minimum absolute atomic E-state index is 0.0440. The predicted molar refractivity (Wildman–Crippen MR) is 84.5 cm³/mol. The van der Waals surface area contributed by atoms with Gasteiger partial charge in [0, 0.05) is 16.1 Å². The van der Waals surface area contributed by atoms with Gasteiger partial charge in [0.1, 0.15) is 5.75 Å². The molecule has 0 aromatic heterocycles. The second-order valence-electron chi connectivity index (χ2n) is 4.35. The molecule has 0 aliphatic carbocycles. The molecule has 0 heterocycles. The molecule has 21 heavy (non-hydrogen) atoms. The molecule has 0 unspecified atom stereocenters. The Bertz CT molecular complexity index is 635. The van der Waals surface area contributed by atoms with Gasteiger partial charge in [-0.05, 0) is 38.1 Å². The first-order valence-corrected chi connectivity index (χ1v) is 6.73. The maximum atomic E-state index is 10.9. The second-order valence-corrected chi connectivity index (χ2v) is 4.79. The van der Waals surface area contributed by atoms with Gasteiger partial charge in [-0.1, -0.05) is 35.9 Å². The molecule has 0 aliphatic rings. The number of ether oxygens (including phenoxy) is 1. The number of carbonyl (C=O) groups excluding carboxylic acids is 2. The quantitative estimate of drug-likeness (QED) is 0.787. The topological polar surface area (TPSA) is 43.4 Å². The van der Waals surface area contributed by atoms with Crippen LogP contribution in [0.15, 0.2) is 48.5 Å². The lowest BCUT2D eigenvalue weighted by molar-refractivity contribution is 0.100. The summed E-state index contributed by atoms with van der Waals surface area (Å²) in [6.07, 6.45) is 0. The highest BCUT2D eigenvalue weighted by Crippen LogP contribution is 2.12. The van der Waals surface area contributed by atoms with Crippen molar-refractivity contribution in [3.05, 3.63) is 64.7 Å². The number of rotatable bonds is 3. The van der Waals surface area contributed by atoms with Gasteiger partial charge in [-0.25, -0.2) is 0 Å². The van der Waals surface area contributed by atoms with Crippen LogP contribution in [0.3, 0.4) is 0 Å². The number of hydrogen-bond donors (Lipinski definition) is 0. The molecular weight excluding hydrogens is 288 g/mol. The first-order valence-electron chi connectivity index (χ1n) is 6.35. The lowest BCUT2D eigenvalue weighted by atomic mass is 10.1. The lowest BCUT2D eigenvalue weighted by Gasteiger charge is -1.99. The van der Waals surface area contributed by atoms with Crippen molar-refractivity contribution in [1.29, 1.82) is 0 Å². The van der Waals surface area contributed by atoms with Crippen molar-refractivity contribution in [2.24, 2.45) is 0 Å². The largest absolute Gasteiger partial charge is 0.497 e. The summed E-state index contributed by atoms with van der Waals surface area (Å²) in [6, 6.07) is 14.0. The van der Waals surface area contributed by atoms with Gasteiger partial charge in [-0.15, -0.1) is 0 Å². The lowest BCUT2D eigenvalue weighted by Crippen LogP contribution is -1.92. The van der Waals surface area contributed by atoms with Gasteiger partial charge in [-0.2, -0.15) is 0 Å². The van der Waals surface area contributed by atoms with E-state index in [-0.39, 0.29) is 11.6 Å². The highest BCUT2D eigenvalue weighted by Gasteiger charge is 1.99. The van der Waals surface area contributed by atoms with Gasteiger partial charge >= 0.3 is 0 Å². The Hall–Kier alpha value is -2.13. The van der Waals surface area contributed by atoms with Crippen LogP contribution in [0.4, 0.5) is 0 Å². The monoisotopic (exact) mass is 304 g/mol. The van der Waals surface area contributed by atoms with E-state index in [1.54, 1.807) is 49.6 Å². The highest BCUT2D eigenvalue weighted by molar-refractivity contribution is 6.30. The summed E-state index contributed by atoms with van der Waals surface area (Å²) >= 11 is 5.64. The number of Topliss-reactive ketones (excluding diaryl/α,β-unsaturated/α-hetero) is 2. The van der Waals surface area contributed by atoms with Crippen LogP contribution in [-0.2, 0) is 0 Å². The van der Waals surface area contributed by atoms with Crippen LogP contribution >= 0.6 is 11.6 Å². The van der Waals surface area contributed by atoms with Crippen molar-refractivity contribution in [3.8, 4) is 5.75 Å². The molecular formula is C17H17ClO3. The number of benzene rings is 2. The Morgan fingerprint density at radius 3 is 1.86 bits per heavy atom. The zero-order valence-corrected chi connectivity index (χ0v) is 13.0. The Balaban J connectivity index is 0.000000211. The minimum atomic E-state index is 0.0440. The number of carbonyl (C=O) groups is 2. The van der Waals surface area contributed by atoms with Gasteiger partial charge in [-0.3, -0.25) is 9.59 Å². The van der Waals surface area contributed by atoms with Crippen LogP contribution in [-0.4, -0.2) is 18.7 Å². The van der Waals surface area contributed by atoms with Crippen LogP contribution < -0.4 is 4.74 Å². The molecule has 0 bridgehead atoms. The van der Waals surface area contributed by atoms with Crippen LogP contribution in [0.5, 0.6) is 5.75 Å². The first-order chi connectivity index (χ1) is 9.93. The fraction of sp³-hybridized carbons (Fsp3) is 0.176. The van der Waals surface area contributed by atoms with E-state index < -0.39 is 0 Å². The van der Waals surface area contributed by atoms with Gasteiger partial charge < -0.3 is 4.74 Å². The van der Waals surface area contributed by atoms with Gasteiger partial charge in [0.2, 0.25) is 0 Å². The third-order valence-corrected chi connectivity index (χ3v) is 2.94. The minimum Gasteiger partial charge on any atom is -0.497 e. The zero-order chi connectivity index (χ0) is 15.8. The molecule has 0 spiro atoms. The van der Waals surface area contributed by atoms with E-state index in [9.17, 15) is 9.59 Å². The normalized spacial score (nSPS) is 9.33. The van der Waals surface area contributed by atoms with Gasteiger partial charge in [0.25, 0.3) is 0 Å². The Morgan fingerprint density at radius 1 is 0.905 bits per heavy atom. The summed E-state index contributed by atoms with van der Waals surface area (Å²) in [5.41, 5.74) is 1.34. The zero-order valence-electron chi connectivity index (χ0n) is 12.2. The highest BCUT2D eigenvalue weighted by atomic mass is 35.5. The summed E-state index contributed by atoms with van der Waals surface area (Å²) in [5, 5.41) is 0.604. The molecule has 110 valence electrons. The average molecular weight is 305 g/mol. The van der Waals surface area contributed by atoms with E-state index in [2.05, 4.69) is 0 Å². The summed E-state index contributed by atoms with van der Waals surface area (Å²) in [7, 11) is 1.58. The average Bonchev–Trinajstić information content (AvgIpc) is 2.48. The van der Waals surface area contributed by atoms with Crippen molar-refractivity contribution in [1.82, 2.24) is 0 Å². The van der Waals surface area contributed by atoms with E-state index in [1.807, 2.05) is 6.07 Å². The Kier molecular flexibility index (Phi) is 6.63. The van der Waals surface area contributed by atoms with Crippen molar-refractivity contribution in [2.45, 2.75) is 13.8 Å². The van der Waals surface area contributed by atoms with Crippen LogP contribution in [0, 0.1) is 0 Å². The summed E-state index contributed by atoms with van der Waals surface area (Å²) < 4.78 is 4.95. The Labute approximate surface area is 129 Å². The molecule has 0 aliphatic heterocycles. The second kappa shape index (κ2) is 8.22. The number of methoxy groups -OCH3 is 1. The van der Waals surface area contributed by atoms with Crippen molar-refractivity contribution < 1.29 is 14.3 Å². The van der Waals surface area contributed by atoms with Crippen molar-refractivity contribution >= 4 is 23.2 Å². The van der Waals surface area contributed by atoms with E-state index in [0.29, 0.717) is 16.1 Å². The van der Waals surface area contributed by atoms with Gasteiger partial charge in [0.15, 0.2) is 11.6 Å². The van der Waals surface area contributed by atoms with Crippen LogP contribution in [0.2, 0.25) is 5.02 Å². The molecule has 0 N–H and O–H groups in total. The smallest absolute Gasteiger partial charge is 0.159 e. The maximum Gasteiger partial charge on any atom is 0.159 e. The number of halogens is 1. The molecule has 3 nitrogen and oxygen atoms in total. The fourth-order valence-corrected chi connectivity index (χ4v) is 1.74.